The molecule has 0 amide bonds. The fourth-order valence-electron chi connectivity index (χ4n) is 4.98. The van der Waals surface area contributed by atoms with Crippen LogP contribution in [-0.2, 0) is 0 Å². The van der Waals surface area contributed by atoms with Crippen molar-refractivity contribution in [3.63, 3.8) is 0 Å². The van der Waals surface area contributed by atoms with E-state index in [1.54, 1.807) is 0 Å². The molecule has 2 aromatic heterocycles. The molecule has 1 aromatic carbocycles. The second-order valence-corrected chi connectivity index (χ2v) is 8.90. The molecule has 0 radical (unpaired) electrons. The number of hydrogen-bond acceptors (Lipinski definition) is 7. The number of aromatic amines is 1. The van der Waals surface area contributed by atoms with Crippen LogP contribution >= 0.6 is 11.6 Å². The molecule has 4 heterocycles. The normalized spacial score (nSPS) is 23.1. The summed E-state index contributed by atoms with van der Waals surface area (Å²) in [5.41, 5.74) is 1.76. The molecule has 31 heavy (non-hydrogen) atoms. The van der Waals surface area contributed by atoms with Gasteiger partial charge in [-0.3, -0.25) is 10.00 Å². The molecule has 5 rings (SSSR count). The Morgan fingerprint density at radius 2 is 2.03 bits per heavy atom. The third-order valence-corrected chi connectivity index (χ3v) is 6.55. The van der Waals surface area contributed by atoms with Crippen LogP contribution in [0.4, 0.5) is 17.6 Å². The van der Waals surface area contributed by atoms with Gasteiger partial charge in [-0.2, -0.15) is 15.3 Å². The maximum atomic E-state index is 8.95. The summed E-state index contributed by atoms with van der Waals surface area (Å²) in [6.07, 6.45) is 5.09. The van der Waals surface area contributed by atoms with Gasteiger partial charge in [0.25, 0.3) is 0 Å². The van der Waals surface area contributed by atoms with E-state index >= 15 is 0 Å². The summed E-state index contributed by atoms with van der Waals surface area (Å²) in [4.78, 5) is 12.0. The number of piperidine rings is 1. The van der Waals surface area contributed by atoms with E-state index in [-0.39, 0.29) is 0 Å². The van der Waals surface area contributed by atoms with E-state index in [1.807, 2.05) is 31.2 Å². The molecule has 1 unspecified atom stereocenters. The lowest BCUT2D eigenvalue weighted by Crippen LogP contribution is -2.47. The highest BCUT2D eigenvalue weighted by Crippen LogP contribution is 2.37. The van der Waals surface area contributed by atoms with Crippen LogP contribution in [0.5, 0.6) is 0 Å². The summed E-state index contributed by atoms with van der Waals surface area (Å²) in [5.74, 6) is 2.01. The molecule has 2 aliphatic heterocycles. The Bertz CT molecular complexity index is 1120. The minimum absolute atomic E-state index is 0.313. The molecule has 0 spiro atoms. The molecule has 0 aliphatic carbocycles. The first-order chi connectivity index (χ1) is 15.1. The van der Waals surface area contributed by atoms with Crippen LogP contribution in [0.1, 0.15) is 37.8 Å². The van der Waals surface area contributed by atoms with Gasteiger partial charge in [0.15, 0.2) is 5.82 Å². The quantitative estimate of drug-likeness (QED) is 0.526. The van der Waals surface area contributed by atoms with E-state index in [4.69, 9.17) is 26.8 Å². The number of fused-ring (bicyclic) bond motifs is 3. The number of rotatable bonds is 6. The van der Waals surface area contributed by atoms with Gasteiger partial charge in [0, 0.05) is 53.3 Å². The van der Waals surface area contributed by atoms with Crippen LogP contribution in [0, 0.1) is 18.3 Å². The largest absolute Gasteiger partial charge is 0.351 e. The standard InChI is InChI=1S/C22H25ClN8/c1-13-9-20(30-29-13)27-21-18-6-3-14(23)10-19(18)26-22(28-21)25-15-11-16-4-5-17(12-15)31(16)8-2-7-24/h3,6,9-10,15-17H,2,4-5,8,11-12H2,1H3,(H3,25,26,27,28,29,30)/t15?,16-,17+. The van der Waals surface area contributed by atoms with E-state index in [9.17, 15) is 0 Å². The minimum atomic E-state index is 0.313. The zero-order valence-electron chi connectivity index (χ0n) is 17.4. The monoisotopic (exact) mass is 436 g/mol. The first-order valence-corrected chi connectivity index (χ1v) is 11.1. The fraction of sp³-hybridized carbons (Fsp3) is 0.455. The Morgan fingerprint density at radius 3 is 2.74 bits per heavy atom. The van der Waals surface area contributed by atoms with Gasteiger partial charge in [0.05, 0.1) is 11.6 Å². The molecule has 0 saturated carbocycles. The van der Waals surface area contributed by atoms with Crippen molar-refractivity contribution in [1.82, 2.24) is 25.1 Å². The van der Waals surface area contributed by atoms with Crippen LogP contribution in [-0.4, -0.2) is 49.7 Å². The van der Waals surface area contributed by atoms with Crippen molar-refractivity contribution >= 4 is 40.1 Å². The predicted molar refractivity (Wildman–Crippen MR) is 122 cm³/mol. The van der Waals surface area contributed by atoms with Gasteiger partial charge in [0.1, 0.15) is 5.82 Å². The Balaban J connectivity index is 1.39. The van der Waals surface area contributed by atoms with Crippen LogP contribution in [0.25, 0.3) is 10.9 Å². The number of hydrogen-bond donors (Lipinski definition) is 3. The molecule has 160 valence electrons. The maximum absolute atomic E-state index is 8.95. The Labute approximate surface area is 186 Å². The third kappa shape index (κ3) is 4.16. The molecule has 3 aromatic rings. The molecule has 2 bridgehead atoms. The van der Waals surface area contributed by atoms with E-state index in [2.05, 4.69) is 31.8 Å². The molecule has 9 heteroatoms. The van der Waals surface area contributed by atoms with Gasteiger partial charge in [-0.15, -0.1) is 0 Å². The van der Waals surface area contributed by atoms with Gasteiger partial charge < -0.3 is 10.6 Å². The van der Waals surface area contributed by atoms with Crippen LogP contribution in [0.3, 0.4) is 0 Å². The van der Waals surface area contributed by atoms with Crippen molar-refractivity contribution in [3.8, 4) is 6.07 Å². The number of H-pyrrole nitrogens is 1. The molecule has 2 saturated heterocycles. The topological polar surface area (TPSA) is 106 Å². The Morgan fingerprint density at radius 1 is 1.23 bits per heavy atom. The van der Waals surface area contributed by atoms with E-state index in [1.165, 1.54) is 12.8 Å². The average Bonchev–Trinajstić information content (AvgIpc) is 3.25. The first-order valence-electron chi connectivity index (χ1n) is 10.7. The Hall–Kier alpha value is -2.89. The molecule has 3 atom stereocenters. The SMILES string of the molecule is Cc1cc(Nc2nc(NC3C[C@H]4CC[C@@H](C3)N4CCC#N)nc3cc(Cl)ccc23)n[nH]1. The van der Waals surface area contributed by atoms with Crippen molar-refractivity contribution in [2.75, 3.05) is 17.2 Å². The number of nitrogens with one attached hydrogen (secondary N) is 3. The smallest absolute Gasteiger partial charge is 0.225 e. The molecule has 2 fully saturated rings. The van der Waals surface area contributed by atoms with E-state index in [0.717, 1.165) is 36.0 Å². The van der Waals surface area contributed by atoms with Crippen LogP contribution in [0.15, 0.2) is 24.3 Å². The minimum Gasteiger partial charge on any atom is -0.351 e. The predicted octanol–water partition coefficient (Wildman–Crippen LogP) is 4.38. The summed E-state index contributed by atoms with van der Waals surface area (Å²) in [7, 11) is 0. The highest BCUT2D eigenvalue weighted by Gasteiger charge is 2.40. The summed E-state index contributed by atoms with van der Waals surface area (Å²) in [6.45, 7) is 2.83. The van der Waals surface area contributed by atoms with Gasteiger partial charge in [0.2, 0.25) is 5.95 Å². The van der Waals surface area contributed by atoms with Crippen molar-refractivity contribution < 1.29 is 0 Å². The van der Waals surface area contributed by atoms with Crippen LogP contribution < -0.4 is 10.6 Å². The lowest BCUT2D eigenvalue weighted by atomic mass is 9.97. The van der Waals surface area contributed by atoms with Gasteiger partial charge >= 0.3 is 0 Å². The highest BCUT2D eigenvalue weighted by molar-refractivity contribution is 6.31. The fourth-order valence-corrected chi connectivity index (χ4v) is 5.15. The summed E-state index contributed by atoms with van der Waals surface area (Å²) >= 11 is 6.24. The first kappa shape index (κ1) is 20.0. The zero-order chi connectivity index (χ0) is 21.4. The van der Waals surface area contributed by atoms with Crippen molar-refractivity contribution in [1.29, 1.82) is 5.26 Å². The number of nitrogens with zero attached hydrogens (tertiary/aromatic N) is 5. The van der Waals surface area contributed by atoms with Gasteiger partial charge in [-0.25, -0.2) is 4.98 Å². The maximum Gasteiger partial charge on any atom is 0.225 e. The number of halogens is 1. The lowest BCUT2D eigenvalue weighted by Gasteiger charge is -2.38. The Kier molecular flexibility index (Phi) is 5.38. The second kappa shape index (κ2) is 8.33. The number of aryl methyl sites for hydroxylation is 1. The number of aromatic nitrogens is 4. The van der Waals surface area contributed by atoms with E-state index in [0.29, 0.717) is 47.2 Å². The van der Waals surface area contributed by atoms with Crippen molar-refractivity contribution in [2.24, 2.45) is 0 Å². The van der Waals surface area contributed by atoms with Gasteiger partial charge in [-0.05, 0) is 50.8 Å². The van der Waals surface area contributed by atoms with Crippen molar-refractivity contribution in [2.45, 2.75) is 57.2 Å². The third-order valence-electron chi connectivity index (χ3n) is 6.31. The van der Waals surface area contributed by atoms with E-state index < -0.39 is 0 Å². The number of anilines is 3. The molecular formula is C22H25ClN8. The second-order valence-electron chi connectivity index (χ2n) is 8.46. The molecule has 8 nitrogen and oxygen atoms in total. The number of nitriles is 1. The highest BCUT2D eigenvalue weighted by atomic mass is 35.5. The lowest BCUT2D eigenvalue weighted by molar-refractivity contribution is 0.135. The summed E-state index contributed by atoms with van der Waals surface area (Å²) < 4.78 is 0. The van der Waals surface area contributed by atoms with Crippen LogP contribution in [0.2, 0.25) is 5.02 Å². The summed E-state index contributed by atoms with van der Waals surface area (Å²) in [5, 5.41) is 24.6. The summed E-state index contributed by atoms with van der Waals surface area (Å²) in [6, 6.07) is 11.2. The molecule has 2 aliphatic rings. The molecule has 3 N–H and O–H groups in total. The molecular weight excluding hydrogens is 412 g/mol. The zero-order valence-corrected chi connectivity index (χ0v) is 18.2. The van der Waals surface area contributed by atoms with Gasteiger partial charge in [-0.1, -0.05) is 11.6 Å². The number of benzene rings is 1. The van der Waals surface area contributed by atoms with Crippen molar-refractivity contribution in [3.05, 3.63) is 35.0 Å². The average molecular weight is 437 g/mol.